The molecule has 0 bridgehead atoms. The molecule has 0 spiro atoms. The smallest absolute Gasteiger partial charge is 0.335 e. The molecule has 2 aromatic carbocycles. The highest BCUT2D eigenvalue weighted by atomic mass is 35.5. The number of fused-ring (bicyclic) bond motifs is 1. The first-order valence-corrected chi connectivity index (χ1v) is 10.2. The Kier molecular flexibility index (Phi) is 6.63. The molecule has 0 aliphatic heterocycles. The molecule has 0 saturated carbocycles. The number of nitrogens with zero attached hydrogens (tertiary/aromatic N) is 1. The Bertz CT molecular complexity index is 947. The number of aryl methyl sites for hydroxylation is 1. The summed E-state index contributed by atoms with van der Waals surface area (Å²) < 4.78 is 2.22. The number of hydrogen-bond acceptors (Lipinski definition) is 2. The number of aromatic nitrogens is 1. The SMILES string of the molecule is CCCCCCC(Nc1ccc(C(=O)O)cc1)c1cc2cc(Cl)ccc2n1C. The van der Waals surface area contributed by atoms with Crippen molar-refractivity contribution in [2.45, 2.75) is 45.1 Å². The highest BCUT2D eigenvalue weighted by molar-refractivity contribution is 6.31. The average molecular weight is 399 g/mol. The zero-order valence-corrected chi connectivity index (χ0v) is 17.2. The Morgan fingerprint density at radius 3 is 2.54 bits per heavy atom. The molecular formula is C23H27ClN2O2. The second-order valence-corrected chi connectivity index (χ2v) is 7.70. The highest BCUT2D eigenvalue weighted by Gasteiger charge is 2.17. The maximum absolute atomic E-state index is 11.1. The van der Waals surface area contributed by atoms with Crippen LogP contribution in [0.2, 0.25) is 5.02 Å². The fourth-order valence-corrected chi connectivity index (χ4v) is 3.84. The van der Waals surface area contributed by atoms with E-state index in [2.05, 4.69) is 36.0 Å². The minimum absolute atomic E-state index is 0.142. The number of carboxylic acids is 1. The predicted molar refractivity (Wildman–Crippen MR) is 116 cm³/mol. The lowest BCUT2D eigenvalue weighted by atomic mass is 10.0. The molecule has 3 rings (SSSR count). The normalized spacial score (nSPS) is 12.2. The van der Waals surface area contributed by atoms with Crippen molar-refractivity contribution in [2.24, 2.45) is 7.05 Å². The first kappa shape index (κ1) is 20.3. The molecule has 4 nitrogen and oxygen atoms in total. The molecule has 0 saturated heterocycles. The van der Waals surface area contributed by atoms with Crippen molar-refractivity contribution < 1.29 is 9.90 Å². The molecular weight excluding hydrogens is 372 g/mol. The van der Waals surface area contributed by atoms with Crippen molar-refractivity contribution in [2.75, 3.05) is 5.32 Å². The van der Waals surface area contributed by atoms with E-state index in [4.69, 9.17) is 16.7 Å². The first-order chi connectivity index (χ1) is 13.5. The minimum atomic E-state index is -0.909. The van der Waals surface area contributed by atoms with Crippen LogP contribution in [0.1, 0.15) is 61.1 Å². The standard InChI is InChI=1S/C23H27ClN2O2/c1-3-4-5-6-7-20(25-19-11-8-16(9-12-19)23(27)28)22-15-17-14-18(24)10-13-21(17)26(22)2/h8-15,20,25H,3-7H2,1-2H3,(H,27,28). The van der Waals surface area contributed by atoms with Crippen LogP contribution in [-0.2, 0) is 7.05 Å². The molecule has 1 heterocycles. The van der Waals surface area contributed by atoms with Gasteiger partial charge in [0, 0.05) is 34.4 Å². The van der Waals surface area contributed by atoms with E-state index in [-0.39, 0.29) is 6.04 Å². The van der Waals surface area contributed by atoms with Crippen molar-refractivity contribution in [3.05, 3.63) is 64.8 Å². The Balaban J connectivity index is 1.88. The number of anilines is 1. The molecule has 0 amide bonds. The van der Waals surface area contributed by atoms with Crippen LogP contribution in [0.5, 0.6) is 0 Å². The van der Waals surface area contributed by atoms with E-state index in [1.54, 1.807) is 12.1 Å². The van der Waals surface area contributed by atoms with E-state index < -0.39 is 5.97 Å². The average Bonchev–Trinajstić information content (AvgIpc) is 3.00. The quantitative estimate of drug-likeness (QED) is 0.396. The number of halogens is 1. The van der Waals surface area contributed by atoms with E-state index in [0.717, 1.165) is 34.5 Å². The molecule has 0 aliphatic rings. The van der Waals surface area contributed by atoms with Gasteiger partial charge in [0.15, 0.2) is 0 Å². The Morgan fingerprint density at radius 1 is 1.11 bits per heavy atom. The lowest BCUT2D eigenvalue weighted by Gasteiger charge is -2.21. The summed E-state index contributed by atoms with van der Waals surface area (Å²) in [6.45, 7) is 2.22. The zero-order valence-electron chi connectivity index (χ0n) is 16.4. The van der Waals surface area contributed by atoms with Crippen LogP contribution < -0.4 is 5.32 Å². The van der Waals surface area contributed by atoms with Gasteiger partial charge in [0.2, 0.25) is 0 Å². The van der Waals surface area contributed by atoms with Gasteiger partial charge in [0.1, 0.15) is 0 Å². The van der Waals surface area contributed by atoms with Gasteiger partial charge in [0.05, 0.1) is 11.6 Å². The monoisotopic (exact) mass is 398 g/mol. The van der Waals surface area contributed by atoms with E-state index >= 15 is 0 Å². The third-order valence-corrected chi connectivity index (χ3v) is 5.45. The number of benzene rings is 2. The number of rotatable bonds is 9. The van der Waals surface area contributed by atoms with Gasteiger partial charge in [-0.2, -0.15) is 0 Å². The van der Waals surface area contributed by atoms with E-state index in [9.17, 15) is 4.79 Å². The van der Waals surface area contributed by atoms with Gasteiger partial charge in [-0.15, -0.1) is 0 Å². The molecule has 148 valence electrons. The van der Waals surface area contributed by atoms with Gasteiger partial charge in [0.25, 0.3) is 0 Å². The molecule has 1 unspecified atom stereocenters. The van der Waals surface area contributed by atoms with Crippen LogP contribution in [-0.4, -0.2) is 15.6 Å². The summed E-state index contributed by atoms with van der Waals surface area (Å²) in [6.07, 6.45) is 5.81. The molecule has 0 radical (unpaired) electrons. The fourth-order valence-electron chi connectivity index (χ4n) is 3.66. The van der Waals surface area contributed by atoms with Crippen molar-refractivity contribution >= 4 is 34.2 Å². The molecule has 0 fully saturated rings. The van der Waals surface area contributed by atoms with Crippen LogP contribution in [0, 0.1) is 0 Å². The minimum Gasteiger partial charge on any atom is -0.478 e. The molecule has 1 atom stereocenters. The van der Waals surface area contributed by atoms with Crippen molar-refractivity contribution in [1.82, 2.24) is 4.57 Å². The van der Waals surface area contributed by atoms with Crippen LogP contribution in [0.25, 0.3) is 10.9 Å². The fraction of sp³-hybridized carbons (Fsp3) is 0.348. The lowest BCUT2D eigenvalue weighted by Crippen LogP contribution is -2.14. The number of hydrogen-bond donors (Lipinski definition) is 2. The van der Waals surface area contributed by atoms with Gasteiger partial charge in [-0.05, 0) is 55.0 Å². The van der Waals surface area contributed by atoms with Crippen LogP contribution in [0.15, 0.2) is 48.5 Å². The highest BCUT2D eigenvalue weighted by Crippen LogP contribution is 2.31. The zero-order chi connectivity index (χ0) is 20.1. The molecule has 0 aliphatic carbocycles. The van der Waals surface area contributed by atoms with Gasteiger partial charge in [-0.25, -0.2) is 4.79 Å². The molecule has 28 heavy (non-hydrogen) atoms. The molecule has 5 heteroatoms. The Labute approximate surface area is 171 Å². The van der Waals surface area contributed by atoms with Gasteiger partial charge in [-0.1, -0.05) is 44.2 Å². The van der Waals surface area contributed by atoms with E-state index in [1.165, 1.54) is 25.0 Å². The second kappa shape index (κ2) is 9.16. The van der Waals surface area contributed by atoms with E-state index in [0.29, 0.717) is 5.56 Å². The summed E-state index contributed by atoms with van der Waals surface area (Å²) in [6, 6.07) is 15.3. The predicted octanol–water partition coefficient (Wildman–Crippen LogP) is 6.65. The first-order valence-electron chi connectivity index (χ1n) is 9.84. The summed E-state index contributed by atoms with van der Waals surface area (Å²) in [7, 11) is 2.08. The summed E-state index contributed by atoms with van der Waals surface area (Å²) in [5.74, 6) is -0.909. The number of carboxylic acid groups (broad SMARTS) is 1. The summed E-state index contributed by atoms with van der Waals surface area (Å²) >= 11 is 6.18. The maximum Gasteiger partial charge on any atom is 0.335 e. The topological polar surface area (TPSA) is 54.3 Å². The van der Waals surface area contributed by atoms with Crippen molar-refractivity contribution in [3.63, 3.8) is 0 Å². The van der Waals surface area contributed by atoms with E-state index in [1.807, 2.05) is 24.3 Å². The Hall–Kier alpha value is -2.46. The molecule has 1 aromatic heterocycles. The number of unbranched alkanes of at least 4 members (excludes halogenated alkanes) is 3. The van der Waals surface area contributed by atoms with Gasteiger partial charge < -0.3 is 15.0 Å². The number of aromatic carboxylic acids is 1. The second-order valence-electron chi connectivity index (χ2n) is 7.26. The van der Waals surface area contributed by atoms with Gasteiger partial charge in [-0.3, -0.25) is 0 Å². The Morgan fingerprint density at radius 2 is 1.86 bits per heavy atom. The number of nitrogens with one attached hydrogen (secondary N) is 1. The largest absolute Gasteiger partial charge is 0.478 e. The summed E-state index contributed by atoms with van der Waals surface area (Å²) in [5, 5.41) is 14.6. The summed E-state index contributed by atoms with van der Waals surface area (Å²) in [4.78, 5) is 11.1. The van der Waals surface area contributed by atoms with Crippen molar-refractivity contribution in [1.29, 1.82) is 0 Å². The lowest BCUT2D eigenvalue weighted by molar-refractivity contribution is 0.0697. The summed E-state index contributed by atoms with van der Waals surface area (Å²) in [5.41, 5.74) is 3.58. The third kappa shape index (κ3) is 4.68. The maximum atomic E-state index is 11.1. The molecule has 2 N–H and O–H groups in total. The van der Waals surface area contributed by atoms with Crippen molar-refractivity contribution in [3.8, 4) is 0 Å². The molecule has 3 aromatic rings. The van der Waals surface area contributed by atoms with Gasteiger partial charge >= 0.3 is 5.97 Å². The number of carbonyl (C=O) groups is 1. The van der Waals surface area contributed by atoms with Crippen LogP contribution >= 0.6 is 11.6 Å². The van der Waals surface area contributed by atoms with Crippen LogP contribution in [0.3, 0.4) is 0 Å². The third-order valence-electron chi connectivity index (χ3n) is 5.22. The van der Waals surface area contributed by atoms with Crippen LogP contribution in [0.4, 0.5) is 5.69 Å².